The Morgan fingerprint density at radius 3 is 2.17 bits per heavy atom. The molecule has 2 fully saturated rings. The van der Waals surface area contributed by atoms with Gasteiger partial charge in [-0.25, -0.2) is 4.79 Å². The van der Waals surface area contributed by atoms with E-state index in [4.69, 9.17) is 14.6 Å². The molecule has 1 aliphatic carbocycles. The fourth-order valence-electron chi connectivity index (χ4n) is 3.85. The van der Waals surface area contributed by atoms with E-state index in [2.05, 4.69) is 40.4 Å². The van der Waals surface area contributed by atoms with E-state index in [0.29, 0.717) is 24.3 Å². The molecular weight excluding hydrogens is 481 g/mol. The normalized spacial score (nSPS) is 16.6. The zero-order valence-corrected chi connectivity index (χ0v) is 20.3. The summed E-state index contributed by atoms with van der Waals surface area (Å²) in [6, 6.07) is 12.5. The summed E-state index contributed by atoms with van der Waals surface area (Å²) >= 11 is 1.74. The van der Waals surface area contributed by atoms with Crippen molar-refractivity contribution in [3.8, 4) is 17.0 Å². The molecular formula is C25H29F3N2O4S. The molecule has 190 valence electrons. The highest BCUT2D eigenvalue weighted by atomic mass is 32.2. The monoisotopic (exact) mass is 510 g/mol. The van der Waals surface area contributed by atoms with Crippen molar-refractivity contribution >= 4 is 23.6 Å². The number of hydrogen-bond acceptors (Lipinski definition) is 5. The van der Waals surface area contributed by atoms with Crippen molar-refractivity contribution < 1.29 is 32.6 Å². The molecule has 2 aromatic rings. The molecule has 1 aliphatic heterocycles. The first-order valence-electron chi connectivity index (χ1n) is 11.5. The number of alkyl halides is 3. The summed E-state index contributed by atoms with van der Waals surface area (Å²) in [7, 11) is 0. The summed E-state index contributed by atoms with van der Waals surface area (Å²) in [5.41, 5.74) is 2.08. The number of carbonyl (C=O) groups excluding carboxylic acids is 1. The predicted molar refractivity (Wildman–Crippen MR) is 127 cm³/mol. The summed E-state index contributed by atoms with van der Waals surface area (Å²) in [5.74, 6) is -0.723. The number of rotatable bonds is 6. The van der Waals surface area contributed by atoms with Gasteiger partial charge in [-0.3, -0.25) is 9.78 Å². The number of halogens is 3. The van der Waals surface area contributed by atoms with Crippen LogP contribution in [0, 0.1) is 11.8 Å². The molecule has 0 bridgehead atoms. The van der Waals surface area contributed by atoms with E-state index in [1.807, 2.05) is 18.3 Å². The van der Waals surface area contributed by atoms with Gasteiger partial charge in [0.05, 0.1) is 18.5 Å². The number of carboxylic acid groups (broad SMARTS) is 1. The number of ether oxygens (including phenoxy) is 1. The Bertz CT molecular complexity index is 972. The first kappa shape index (κ1) is 26.8. The summed E-state index contributed by atoms with van der Waals surface area (Å²) in [5, 5.41) is 7.12. The van der Waals surface area contributed by atoms with Gasteiger partial charge in [-0.05, 0) is 62.1 Å². The smallest absolute Gasteiger partial charge is 0.490 e. The van der Waals surface area contributed by atoms with Crippen LogP contribution in [0.15, 0.2) is 47.5 Å². The molecule has 4 rings (SSSR count). The molecule has 0 atom stereocenters. The predicted octanol–water partition coefficient (Wildman–Crippen LogP) is 5.52. The highest BCUT2D eigenvalue weighted by Gasteiger charge is 2.38. The van der Waals surface area contributed by atoms with Crippen molar-refractivity contribution in [3.05, 3.63) is 42.6 Å². The van der Waals surface area contributed by atoms with Crippen LogP contribution in [0.4, 0.5) is 13.2 Å². The average Bonchev–Trinajstić information content (AvgIpc) is 2.82. The lowest BCUT2D eigenvalue weighted by Crippen LogP contribution is -2.44. The minimum absolute atomic E-state index is 0.314. The Morgan fingerprint density at radius 1 is 1.09 bits per heavy atom. The fourth-order valence-corrected chi connectivity index (χ4v) is 4.25. The maximum absolute atomic E-state index is 12.3. The third-order valence-electron chi connectivity index (χ3n) is 6.23. The molecule has 35 heavy (non-hydrogen) atoms. The van der Waals surface area contributed by atoms with Crippen molar-refractivity contribution in [2.45, 2.75) is 43.2 Å². The lowest BCUT2D eigenvalue weighted by atomic mass is 9.83. The number of pyridine rings is 1. The molecule has 1 aromatic heterocycles. The zero-order valence-electron chi connectivity index (χ0n) is 19.5. The van der Waals surface area contributed by atoms with Crippen LogP contribution in [0.5, 0.6) is 5.75 Å². The standard InChI is InChI=1S/C23H28N2O2S.C2HF3O2/c1-28-21-8-5-18(6-9-21)22-10-7-20(15-24-22)27-16-17-11-13-25(14-12-17)23(26)19-3-2-4-19;3-2(4,5)1(6)7/h5-10,15,17,19H,2-4,11-14,16H2,1H3;(H,6,7). The van der Waals surface area contributed by atoms with Crippen LogP contribution in [0.1, 0.15) is 32.1 Å². The van der Waals surface area contributed by atoms with Gasteiger partial charge >= 0.3 is 12.1 Å². The van der Waals surface area contributed by atoms with Gasteiger partial charge in [0.15, 0.2) is 0 Å². The van der Waals surface area contributed by atoms with Crippen LogP contribution in [-0.2, 0) is 9.59 Å². The fraction of sp³-hybridized carbons (Fsp3) is 0.480. The summed E-state index contributed by atoms with van der Waals surface area (Å²) in [4.78, 5) is 29.1. The Balaban J connectivity index is 0.000000429. The Morgan fingerprint density at radius 2 is 1.71 bits per heavy atom. The molecule has 10 heteroatoms. The van der Waals surface area contributed by atoms with Gasteiger partial charge in [0.1, 0.15) is 5.75 Å². The van der Waals surface area contributed by atoms with Crippen molar-refractivity contribution in [1.29, 1.82) is 0 Å². The Labute approximate surface area is 206 Å². The van der Waals surface area contributed by atoms with Gasteiger partial charge in [0.25, 0.3) is 0 Å². The van der Waals surface area contributed by atoms with Crippen LogP contribution in [0.25, 0.3) is 11.3 Å². The summed E-state index contributed by atoms with van der Waals surface area (Å²) < 4.78 is 37.7. The third kappa shape index (κ3) is 7.88. The summed E-state index contributed by atoms with van der Waals surface area (Å²) in [6.07, 6.45) is 4.27. The lowest BCUT2D eigenvalue weighted by molar-refractivity contribution is -0.192. The second kappa shape index (κ2) is 12.3. The average molecular weight is 511 g/mol. The van der Waals surface area contributed by atoms with Gasteiger partial charge in [-0.15, -0.1) is 11.8 Å². The topological polar surface area (TPSA) is 79.7 Å². The minimum atomic E-state index is -5.08. The van der Waals surface area contributed by atoms with Crippen LogP contribution in [0.2, 0.25) is 0 Å². The van der Waals surface area contributed by atoms with Gasteiger partial charge in [-0.2, -0.15) is 13.2 Å². The van der Waals surface area contributed by atoms with Gasteiger partial charge in [-0.1, -0.05) is 18.6 Å². The number of carbonyl (C=O) groups is 2. The molecule has 1 aromatic carbocycles. The lowest BCUT2D eigenvalue weighted by Gasteiger charge is -2.36. The maximum atomic E-state index is 12.3. The number of likely N-dealkylation sites (tertiary alicyclic amines) is 1. The van der Waals surface area contributed by atoms with Gasteiger partial charge in [0.2, 0.25) is 5.91 Å². The molecule has 6 nitrogen and oxygen atoms in total. The summed E-state index contributed by atoms with van der Waals surface area (Å²) in [6.45, 7) is 2.47. The number of nitrogens with zero attached hydrogens (tertiary/aromatic N) is 2. The molecule has 0 radical (unpaired) electrons. The number of amides is 1. The zero-order chi connectivity index (χ0) is 25.4. The molecule has 0 spiro atoms. The molecule has 0 unspecified atom stereocenters. The number of aliphatic carboxylic acids is 1. The van der Waals surface area contributed by atoms with E-state index in [9.17, 15) is 18.0 Å². The van der Waals surface area contributed by atoms with E-state index in [-0.39, 0.29) is 0 Å². The molecule has 2 aliphatic rings. The number of benzene rings is 1. The minimum Gasteiger partial charge on any atom is -0.492 e. The number of aromatic nitrogens is 1. The van der Waals surface area contributed by atoms with Crippen molar-refractivity contribution in [2.75, 3.05) is 26.0 Å². The Kier molecular flexibility index (Phi) is 9.42. The van der Waals surface area contributed by atoms with Crippen LogP contribution >= 0.6 is 11.8 Å². The quantitative estimate of drug-likeness (QED) is 0.516. The van der Waals surface area contributed by atoms with Crippen molar-refractivity contribution in [3.63, 3.8) is 0 Å². The van der Waals surface area contributed by atoms with E-state index >= 15 is 0 Å². The molecule has 2 heterocycles. The van der Waals surface area contributed by atoms with Crippen LogP contribution in [0.3, 0.4) is 0 Å². The molecule has 1 amide bonds. The Hall–Kier alpha value is -2.75. The third-order valence-corrected chi connectivity index (χ3v) is 6.97. The second-order valence-electron chi connectivity index (χ2n) is 8.62. The molecule has 1 saturated carbocycles. The van der Waals surface area contributed by atoms with E-state index in [1.54, 1.807) is 11.8 Å². The van der Waals surface area contributed by atoms with E-state index in [1.165, 1.54) is 11.3 Å². The van der Waals surface area contributed by atoms with E-state index < -0.39 is 12.1 Å². The second-order valence-corrected chi connectivity index (χ2v) is 9.50. The molecule has 1 saturated heterocycles. The largest absolute Gasteiger partial charge is 0.492 e. The number of thioether (sulfide) groups is 1. The van der Waals surface area contributed by atoms with Gasteiger partial charge in [0, 0.05) is 29.5 Å². The number of carboxylic acids is 1. The van der Waals surface area contributed by atoms with Crippen molar-refractivity contribution in [1.82, 2.24) is 9.88 Å². The highest BCUT2D eigenvalue weighted by molar-refractivity contribution is 7.98. The highest BCUT2D eigenvalue weighted by Crippen LogP contribution is 2.30. The van der Waals surface area contributed by atoms with Crippen LogP contribution < -0.4 is 4.74 Å². The van der Waals surface area contributed by atoms with E-state index in [0.717, 1.165) is 55.8 Å². The van der Waals surface area contributed by atoms with Crippen molar-refractivity contribution in [2.24, 2.45) is 11.8 Å². The van der Waals surface area contributed by atoms with Crippen LogP contribution in [-0.4, -0.2) is 59.0 Å². The number of piperidine rings is 1. The maximum Gasteiger partial charge on any atom is 0.490 e. The molecule has 1 N–H and O–H groups in total. The SMILES string of the molecule is CSc1ccc(-c2ccc(OCC3CCN(C(=O)C4CCC4)CC3)cn2)cc1.O=C(O)C(F)(F)F. The first-order valence-corrected chi connectivity index (χ1v) is 12.7. The first-order chi connectivity index (χ1) is 16.7. The van der Waals surface area contributed by atoms with Gasteiger partial charge < -0.3 is 14.7 Å². The number of hydrogen-bond donors (Lipinski definition) is 1.